The van der Waals surface area contributed by atoms with Crippen LogP contribution in [0.3, 0.4) is 0 Å². The average Bonchev–Trinajstić information content (AvgIpc) is 2.67. The quantitative estimate of drug-likeness (QED) is 0.663. The summed E-state index contributed by atoms with van der Waals surface area (Å²) in [6, 6.07) is 15.4. The Hall–Kier alpha value is -2.95. The highest BCUT2D eigenvalue weighted by Gasteiger charge is 2.15. The number of aryl methyl sites for hydroxylation is 1. The van der Waals surface area contributed by atoms with E-state index in [-0.39, 0.29) is 5.91 Å². The highest BCUT2D eigenvalue weighted by molar-refractivity contribution is 5.98. The molecule has 1 heterocycles. The van der Waals surface area contributed by atoms with Crippen molar-refractivity contribution in [3.05, 3.63) is 60.4 Å². The summed E-state index contributed by atoms with van der Waals surface area (Å²) in [5, 5.41) is 7.03. The van der Waals surface area contributed by atoms with Crippen LogP contribution < -0.4 is 10.6 Å². The average molecular weight is 348 g/mol. The molecule has 3 aromatic rings. The third-order valence-electron chi connectivity index (χ3n) is 4.33. The Balaban J connectivity index is 1.64. The number of amides is 1. The van der Waals surface area contributed by atoms with Gasteiger partial charge in [-0.15, -0.1) is 0 Å². The smallest absolute Gasteiger partial charge is 0.246 e. The number of benzene rings is 2. The van der Waals surface area contributed by atoms with Gasteiger partial charge in [-0.2, -0.15) is 0 Å². The van der Waals surface area contributed by atoms with Gasteiger partial charge < -0.3 is 10.6 Å². The molecule has 5 nitrogen and oxygen atoms in total. The van der Waals surface area contributed by atoms with Crippen LogP contribution in [0.25, 0.3) is 10.9 Å². The first-order chi connectivity index (χ1) is 12.7. The lowest BCUT2D eigenvalue weighted by Crippen LogP contribution is -2.32. The predicted molar refractivity (Wildman–Crippen MR) is 106 cm³/mol. The summed E-state index contributed by atoms with van der Waals surface area (Å²) in [5.74, 6) is 0.558. The van der Waals surface area contributed by atoms with Gasteiger partial charge in [0.25, 0.3) is 0 Å². The van der Waals surface area contributed by atoms with Gasteiger partial charge in [-0.3, -0.25) is 4.79 Å². The van der Waals surface area contributed by atoms with Crippen molar-refractivity contribution in [3.8, 4) is 0 Å². The molecule has 1 unspecified atom stereocenters. The largest absolute Gasteiger partial charge is 0.358 e. The molecular formula is C21H24N4O. The van der Waals surface area contributed by atoms with Crippen molar-refractivity contribution in [1.29, 1.82) is 0 Å². The van der Waals surface area contributed by atoms with Crippen molar-refractivity contribution in [2.24, 2.45) is 0 Å². The van der Waals surface area contributed by atoms with E-state index < -0.39 is 6.04 Å². The van der Waals surface area contributed by atoms with Crippen molar-refractivity contribution in [3.63, 3.8) is 0 Å². The van der Waals surface area contributed by atoms with E-state index in [2.05, 4.69) is 39.7 Å². The zero-order valence-electron chi connectivity index (χ0n) is 15.2. The fourth-order valence-corrected chi connectivity index (χ4v) is 2.78. The topological polar surface area (TPSA) is 66.9 Å². The van der Waals surface area contributed by atoms with E-state index >= 15 is 0 Å². The molecule has 26 heavy (non-hydrogen) atoms. The van der Waals surface area contributed by atoms with Gasteiger partial charge >= 0.3 is 0 Å². The molecule has 2 aromatic carbocycles. The highest BCUT2D eigenvalue weighted by atomic mass is 16.2. The molecule has 1 aromatic heterocycles. The second kappa shape index (κ2) is 8.43. The van der Waals surface area contributed by atoms with Crippen LogP contribution in [0.4, 0.5) is 11.5 Å². The Kier molecular flexibility index (Phi) is 5.79. The monoisotopic (exact) mass is 348 g/mol. The minimum atomic E-state index is -0.423. The minimum Gasteiger partial charge on any atom is -0.358 e. The molecule has 0 radical (unpaired) electrons. The number of unbranched alkanes of at least 4 members (excludes halogenated alkanes) is 1. The van der Waals surface area contributed by atoms with Crippen LogP contribution in [-0.4, -0.2) is 21.9 Å². The number of carbonyl (C=O) groups excluding carboxylic acids is 1. The molecular weight excluding hydrogens is 324 g/mol. The summed E-state index contributed by atoms with van der Waals surface area (Å²) in [6.07, 6.45) is 4.94. The summed E-state index contributed by atoms with van der Waals surface area (Å²) in [4.78, 5) is 21.0. The molecule has 0 aliphatic carbocycles. The fourth-order valence-electron chi connectivity index (χ4n) is 2.78. The minimum absolute atomic E-state index is 0.103. The third kappa shape index (κ3) is 4.36. The molecule has 0 aliphatic rings. The van der Waals surface area contributed by atoms with E-state index in [9.17, 15) is 4.79 Å². The van der Waals surface area contributed by atoms with Crippen molar-refractivity contribution >= 4 is 28.3 Å². The van der Waals surface area contributed by atoms with Gasteiger partial charge in [0.2, 0.25) is 5.91 Å². The maximum Gasteiger partial charge on any atom is 0.246 e. The summed E-state index contributed by atoms with van der Waals surface area (Å²) < 4.78 is 0. The number of rotatable bonds is 7. The first kappa shape index (κ1) is 17.9. The Morgan fingerprint density at radius 1 is 1.08 bits per heavy atom. The van der Waals surface area contributed by atoms with E-state index in [4.69, 9.17) is 0 Å². The van der Waals surface area contributed by atoms with Gasteiger partial charge in [-0.1, -0.05) is 37.6 Å². The number of fused-ring (bicyclic) bond motifs is 1. The van der Waals surface area contributed by atoms with Crippen LogP contribution in [-0.2, 0) is 11.2 Å². The van der Waals surface area contributed by atoms with Crippen molar-refractivity contribution in [1.82, 2.24) is 9.97 Å². The van der Waals surface area contributed by atoms with Gasteiger partial charge in [0.15, 0.2) is 0 Å². The number of nitrogens with zero attached hydrogens (tertiary/aromatic N) is 2. The van der Waals surface area contributed by atoms with Crippen LogP contribution in [0.15, 0.2) is 54.9 Å². The summed E-state index contributed by atoms with van der Waals surface area (Å²) in [7, 11) is 0. The Morgan fingerprint density at radius 2 is 1.85 bits per heavy atom. The molecule has 0 bridgehead atoms. The molecule has 0 aliphatic heterocycles. The molecule has 5 heteroatoms. The maximum atomic E-state index is 12.5. The van der Waals surface area contributed by atoms with E-state index in [0.29, 0.717) is 5.82 Å². The summed E-state index contributed by atoms with van der Waals surface area (Å²) >= 11 is 0. The zero-order chi connectivity index (χ0) is 18.4. The lowest BCUT2D eigenvalue weighted by molar-refractivity contribution is -0.116. The second-order valence-corrected chi connectivity index (χ2v) is 6.40. The number of nitrogens with one attached hydrogen (secondary N) is 2. The molecule has 0 saturated carbocycles. The van der Waals surface area contributed by atoms with Crippen LogP contribution in [0.2, 0.25) is 0 Å². The van der Waals surface area contributed by atoms with Gasteiger partial charge in [-0.05, 0) is 49.6 Å². The molecule has 0 fully saturated rings. The standard InChI is InChI=1S/C21H24N4O/c1-3-4-7-16-10-12-17(13-11-16)25-21(26)15(2)24-20-18-8-5-6-9-19(18)22-14-23-20/h5-6,8-15H,3-4,7H2,1-2H3,(H,25,26)(H,22,23,24). The molecule has 3 rings (SSSR count). The van der Waals surface area contributed by atoms with E-state index in [0.717, 1.165) is 23.0 Å². The zero-order valence-corrected chi connectivity index (χ0v) is 15.2. The van der Waals surface area contributed by atoms with Crippen LogP contribution in [0.1, 0.15) is 32.3 Å². The first-order valence-electron chi connectivity index (χ1n) is 9.03. The lowest BCUT2D eigenvalue weighted by atomic mass is 10.1. The second-order valence-electron chi connectivity index (χ2n) is 6.40. The van der Waals surface area contributed by atoms with E-state index in [1.54, 1.807) is 0 Å². The van der Waals surface area contributed by atoms with Gasteiger partial charge in [0, 0.05) is 11.1 Å². The SMILES string of the molecule is CCCCc1ccc(NC(=O)C(C)Nc2ncnc3ccccc23)cc1. The Morgan fingerprint density at radius 3 is 2.62 bits per heavy atom. The third-order valence-corrected chi connectivity index (χ3v) is 4.33. The van der Waals surface area contributed by atoms with Crippen LogP contribution in [0, 0.1) is 0 Å². The summed E-state index contributed by atoms with van der Waals surface area (Å²) in [5.41, 5.74) is 2.94. The number of carbonyl (C=O) groups is 1. The molecule has 1 atom stereocenters. The normalized spacial score (nSPS) is 11.9. The van der Waals surface area contributed by atoms with Crippen LogP contribution >= 0.6 is 0 Å². The molecule has 1 amide bonds. The first-order valence-corrected chi connectivity index (χ1v) is 9.03. The van der Waals surface area contributed by atoms with Crippen molar-refractivity contribution in [2.75, 3.05) is 10.6 Å². The fraction of sp³-hybridized carbons (Fsp3) is 0.286. The molecule has 0 saturated heterocycles. The number of anilines is 2. The highest BCUT2D eigenvalue weighted by Crippen LogP contribution is 2.19. The predicted octanol–water partition coefficient (Wildman–Crippen LogP) is 4.41. The Bertz CT molecular complexity index is 871. The van der Waals surface area contributed by atoms with Crippen molar-refractivity contribution < 1.29 is 4.79 Å². The van der Waals surface area contributed by atoms with Crippen molar-refractivity contribution in [2.45, 2.75) is 39.2 Å². The molecule has 0 spiro atoms. The van der Waals surface area contributed by atoms with Gasteiger partial charge in [0.1, 0.15) is 18.2 Å². The number of para-hydroxylation sites is 1. The lowest BCUT2D eigenvalue weighted by Gasteiger charge is -2.16. The maximum absolute atomic E-state index is 12.5. The van der Waals surface area contributed by atoms with E-state index in [1.165, 1.54) is 24.7 Å². The number of hydrogen-bond donors (Lipinski definition) is 2. The van der Waals surface area contributed by atoms with Crippen LogP contribution in [0.5, 0.6) is 0 Å². The molecule has 2 N–H and O–H groups in total. The summed E-state index contributed by atoms with van der Waals surface area (Å²) in [6.45, 7) is 4.01. The van der Waals surface area contributed by atoms with Gasteiger partial charge in [-0.25, -0.2) is 9.97 Å². The van der Waals surface area contributed by atoms with E-state index in [1.807, 2.05) is 43.3 Å². The number of aromatic nitrogens is 2. The Labute approximate surface area is 153 Å². The molecule has 134 valence electrons. The number of hydrogen-bond acceptors (Lipinski definition) is 4. The van der Waals surface area contributed by atoms with Gasteiger partial charge in [0.05, 0.1) is 5.52 Å².